The zero-order valence-corrected chi connectivity index (χ0v) is 14.9. The summed E-state index contributed by atoms with van der Waals surface area (Å²) < 4.78 is 19.2. The van der Waals surface area contributed by atoms with E-state index in [1.165, 1.54) is 11.8 Å². The summed E-state index contributed by atoms with van der Waals surface area (Å²) in [5, 5.41) is 17.2. The first-order chi connectivity index (χ1) is 12.1. The highest BCUT2D eigenvalue weighted by Crippen LogP contribution is 2.37. The molecule has 25 heavy (non-hydrogen) atoms. The molecule has 8 nitrogen and oxygen atoms in total. The molecule has 0 saturated carbocycles. The van der Waals surface area contributed by atoms with Crippen LogP contribution in [0.5, 0.6) is 11.5 Å². The smallest absolute Gasteiger partial charge is 0.229 e. The SMILES string of the molecule is Cc1nnc(C(C)Sc2nnc(C3COc4ccccc4O3)n2C)o1. The lowest BCUT2D eigenvalue weighted by Crippen LogP contribution is -2.24. The molecule has 4 rings (SSSR count). The van der Waals surface area contributed by atoms with Gasteiger partial charge < -0.3 is 18.5 Å². The Hall–Kier alpha value is -2.55. The predicted molar refractivity (Wildman–Crippen MR) is 89.6 cm³/mol. The average molecular weight is 359 g/mol. The third kappa shape index (κ3) is 3.07. The van der Waals surface area contributed by atoms with E-state index in [2.05, 4.69) is 20.4 Å². The number of nitrogens with zero attached hydrogens (tertiary/aromatic N) is 5. The standard InChI is InChI=1S/C16H17N5O3S/c1-9(15-19-17-10(2)23-15)25-16-20-18-14(21(16)3)13-8-22-11-6-4-5-7-12(11)24-13/h4-7,9,13H,8H2,1-3H3. The van der Waals surface area contributed by atoms with Crippen LogP contribution in [0.3, 0.4) is 0 Å². The Morgan fingerprint density at radius 3 is 2.72 bits per heavy atom. The maximum Gasteiger partial charge on any atom is 0.229 e. The van der Waals surface area contributed by atoms with E-state index >= 15 is 0 Å². The van der Waals surface area contributed by atoms with Gasteiger partial charge in [0.2, 0.25) is 11.8 Å². The van der Waals surface area contributed by atoms with Gasteiger partial charge in [0.15, 0.2) is 28.6 Å². The van der Waals surface area contributed by atoms with Crippen LogP contribution in [0.4, 0.5) is 0 Å². The van der Waals surface area contributed by atoms with Crippen molar-refractivity contribution in [2.75, 3.05) is 6.61 Å². The molecular formula is C16H17N5O3S. The Bertz CT molecular complexity index is 894. The largest absolute Gasteiger partial charge is 0.485 e. The van der Waals surface area contributed by atoms with Crippen molar-refractivity contribution in [3.05, 3.63) is 41.9 Å². The Balaban J connectivity index is 1.52. The summed E-state index contributed by atoms with van der Waals surface area (Å²) in [6, 6.07) is 7.60. The molecule has 0 aliphatic carbocycles. The molecule has 130 valence electrons. The maximum atomic E-state index is 6.01. The van der Waals surface area contributed by atoms with E-state index in [-0.39, 0.29) is 11.4 Å². The summed E-state index contributed by atoms with van der Waals surface area (Å²) in [7, 11) is 1.91. The Morgan fingerprint density at radius 2 is 1.96 bits per heavy atom. The second-order valence-corrected chi connectivity index (χ2v) is 6.99. The van der Waals surface area contributed by atoms with Gasteiger partial charge in [0.25, 0.3) is 0 Å². The second-order valence-electron chi connectivity index (χ2n) is 5.68. The molecule has 1 aliphatic rings. The van der Waals surface area contributed by atoms with Gasteiger partial charge in [-0.1, -0.05) is 23.9 Å². The summed E-state index contributed by atoms with van der Waals surface area (Å²) in [5.74, 6) is 3.29. The minimum atomic E-state index is -0.303. The Labute approximate surface area is 148 Å². The van der Waals surface area contributed by atoms with Gasteiger partial charge in [0.05, 0.1) is 5.25 Å². The topological polar surface area (TPSA) is 88.1 Å². The highest BCUT2D eigenvalue weighted by atomic mass is 32.2. The summed E-state index contributed by atoms with van der Waals surface area (Å²) in [4.78, 5) is 0. The number of benzene rings is 1. The van der Waals surface area contributed by atoms with E-state index in [0.717, 1.165) is 10.9 Å². The average Bonchev–Trinajstić information content (AvgIpc) is 3.21. The summed E-state index contributed by atoms with van der Waals surface area (Å²) >= 11 is 1.50. The van der Waals surface area contributed by atoms with Gasteiger partial charge in [0, 0.05) is 14.0 Å². The molecule has 1 aliphatic heterocycles. The number of aromatic nitrogens is 5. The van der Waals surface area contributed by atoms with Crippen LogP contribution in [0.15, 0.2) is 33.8 Å². The van der Waals surface area contributed by atoms with Gasteiger partial charge in [0.1, 0.15) is 6.61 Å². The molecule has 2 atom stereocenters. The second kappa shape index (κ2) is 6.40. The first-order valence-corrected chi connectivity index (χ1v) is 8.74. The van der Waals surface area contributed by atoms with Crippen LogP contribution < -0.4 is 9.47 Å². The van der Waals surface area contributed by atoms with E-state index in [1.54, 1.807) is 6.92 Å². The number of fused-ring (bicyclic) bond motifs is 1. The first-order valence-electron chi connectivity index (χ1n) is 7.86. The zero-order valence-electron chi connectivity index (χ0n) is 14.0. The molecule has 2 aromatic heterocycles. The fraction of sp³-hybridized carbons (Fsp3) is 0.375. The lowest BCUT2D eigenvalue weighted by Gasteiger charge is -2.25. The summed E-state index contributed by atoms with van der Waals surface area (Å²) in [5.41, 5.74) is 0. The van der Waals surface area contributed by atoms with Crippen molar-refractivity contribution in [3.8, 4) is 11.5 Å². The van der Waals surface area contributed by atoms with E-state index in [0.29, 0.717) is 30.0 Å². The van der Waals surface area contributed by atoms with Gasteiger partial charge >= 0.3 is 0 Å². The molecule has 0 saturated heterocycles. The van der Waals surface area contributed by atoms with Crippen LogP contribution in [0, 0.1) is 6.92 Å². The van der Waals surface area contributed by atoms with Crippen LogP contribution in [0.1, 0.15) is 35.9 Å². The lowest BCUT2D eigenvalue weighted by molar-refractivity contribution is 0.0825. The van der Waals surface area contributed by atoms with Gasteiger partial charge in [-0.05, 0) is 19.1 Å². The number of para-hydroxylation sites is 2. The predicted octanol–water partition coefficient (Wildman–Crippen LogP) is 2.87. The quantitative estimate of drug-likeness (QED) is 0.657. The Morgan fingerprint density at radius 1 is 1.16 bits per heavy atom. The first kappa shape index (κ1) is 15.9. The van der Waals surface area contributed by atoms with Crippen molar-refractivity contribution < 1.29 is 13.9 Å². The van der Waals surface area contributed by atoms with Crippen molar-refractivity contribution in [3.63, 3.8) is 0 Å². The number of aryl methyl sites for hydroxylation is 1. The minimum absolute atomic E-state index is 0.0267. The number of thioether (sulfide) groups is 1. The van der Waals surface area contributed by atoms with Crippen LogP contribution in [0.2, 0.25) is 0 Å². The highest BCUT2D eigenvalue weighted by Gasteiger charge is 2.28. The van der Waals surface area contributed by atoms with Crippen LogP contribution in [-0.2, 0) is 7.05 Å². The lowest BCUT2D eigenvalue weighted by atomic mass is 10.2. The van der Waals surface area contributed by atoms with Gasteiger partial charge in [-0.25, -0.2) is 0 Å². The molecule has 2 unspecified atom stereocenters. The molecule has 0 fully saturated rings. The fourth-order valence-corrected chi connectivity index (χ4v) is 3.39. The third-order valence-corrected chi connectivity index (χ3v) is 4.96. The van der Waals surface area contributed by atoms with Crippen LogP contribution in [0.25, 0.3) is 0 Å². The zero-order chi connectivity index (χ0) is 17.4. The Kier molecular flexibility index (Phi) is 4.08. The molecule has 3 aromatic rings. The number of rotatable bonds is 4. The fourth-order valence-electron chi connectivity index (χ4n) is 2.54. The molecule has 0 amide bonds. The molecule has 0 bridgehead atoms. The van der Waals surface area contributed by atoms with E-state index in [1.807, 2.05) is 42.8 Å². The van der Waals surface area contributed by atoms with Crippen molar-refractivity contribution in [2.24, 2.45) is 7.05 Å². The minimum Gasteiger partial charge on any atom is -0.485 e. The van der Waals surface area contributed by atoms with E-state index in [4.69, 9.17) is 13.9 Å². The molecule has 0 N–H and O–H groups in total. The third-order valence-electron chi connectivity index (χ3n) is 3.84. The van der Waals surface area contributed by atoms with Crippen LogP contribution >= 0.6 is 11.8 Å². The van der Waals surface area contributed by atoms with Crippen LogP contribution in [-0.4, -0.2) is 31.6 Å². The highest BCUT2D eigenvalue weighted by molar-refractivity contribution is 7.99. The van der Waals surface area contributed by atoms with E-state index < -0.39 is 0 Å². The molecular weight excluding hydrogens is 342 g/mol. The molecule has 1 aromatic carbocycles. The maximum absolute atomic E-state index is 6.01. The van der Waals surface area contributed by atoms with Crippen molar-refractivity contribution in [1.82, 2.24) is 25.0 Å². The van der Waals surface area contributed by atoms with Gasteiger partial charge in [-0.3, -0.25) is 0 Å². The molecule has 0 spiro atoms. The van der Waals surface area contributed by atoms with Crippen molar-refractivity contribution in [2.45, 2.75) is 30.4 Å². The summed E-state index contributed by atoms with van der Waals surface area (Å²) in [6.45, 7) is 4.15. The van der Waals surface area contributed by atoms with Gasteiger partial charge in [-0.2, -0.15) is 0 Å². The molecule has 3 heterocycles. The van der Waals surface area contributed by atoms with Crippen molar-refractivity contribution >= 4 is 11.8 Å². The normalized spacial score (nSPS) is 17.5. The number of hydrogen-bond acceptors (Lipinski definition) is 8. The van der Waals surface area contributed by atoms with Gasteiger partial charge in [-0.15, -0.1) is 20.4 Å². The summed E-state index contributed by atoms with van der Waals surface area (Å²) in [6.07, 6.45) is -0.303. The number of ether oxygens (including phenoxy) is 2. The number of hydrogen-bond donors (Lipinski definition) is 0. The monoisotopic (exact) mass is 359 g/mol. The molecule has 0 radical (unpaired) electrons. The van der Waals surface area contributed by atoms with Crippen molar-refractivity contribution in [1.29, 1.82) is 0 Å². The van der Waals surface area contributed by atoms with E-state index in [9.17, 15) is 0 Å². The molecule has 9 heteroatoms.